The zero-order valence-electron chi connectivity index (χ0n) is 15.6. The first-order valence-corrected chi connectivity index (χ1v) is 9.68. The first-order chi connectivity index (χ1) is 13.5. The summed E-state index contributed by atoms with van der Waals surface area (Å²) in [6.45, 7) is 5.16. The molecule has 0 saturated heterocycles. The van der Waals surface area contributed by atoms with Gasteiger partial charge in [0.25, 0.3) is 0 Å². The number of carbonyl (C=O) groups is 1. The van der Waals surface area contributed by atoms with Gasteiger partial charge in [-0.25, -0.2) is 0 Å². The molecule has 0 unspecified atom stereocenters. The van der Waals surface area contributed by atoms with Gasteiger partial charge in [-0.1, -0.05) is 21.5 Å². The molecule has 0 fully saturated rings. The van der Waals surface area contributed by atoms with Crippen molar-refractivity contribution >= 4 is 27.8 Å². The van der Waals surface area contributed by atoms with Crippen molar-refractivity contribution in [2.75, 3.05) is 13.4 Å². The van der Waals surface area contributed by atoms with Gasteiger partial charge in [-0.3, -0.25) is 4.79 Å². The number of ketones is 1. The summed E-state index contributed by atoms with van der Waals surface area (Å²) < 4.78 is 23.4. The van der Waals surface area contributed by atoms with Gasteiger partial charge < -0.3 is 18.9 Å². The highest BCUT2D eigenvalue weighted by Gasteiger charge is 2.28. The number of hydrogen-bond donors (Lipinski definition) is 0. The molecule has 0 amide bonds. The second kappa shape index (κ2) is 7.81. The normalized spacial score (nSPS) is 16.1. The third kappa shape index (κ3) is 3.84. The molecule has 0 radical (unpaired) electrons. The quantitative estimate of drug-likeness (QED) is 0.476. The molecule has 0 spiro atoms. The third-order valence-electron chi connectivity index (χ3n) is 4.37. The van der Waals surface area contributed by atoms with Crippen LogP contribution in [-0.4, -0.2) is 19.2 Å². The van der Waals surface area contributed by atoms with Crippen LogP contribution in [0.15, 0.2) is 52.2 Å². The lowest BCUT2D eigenvalue weighted by molar-refractivity contribution is -0.0165. The number of allylic oxidation sites excluding steroid dienone is 2. The van der Waals surface area contributed by atoms with Crippen LogP contribution in [0.4, 0.5) is 0 Å². The predicted molar refractivity (Wildman–Crippen MR) is 109 cm³/mol. The smallest absolute Gasteiger partial charge is 0.231 e. The molecule has 2 aromatic carbocycles. The van der Waals surface area contributed by atoms with Crippen molar-refractivity contribution in [1.82, 2.24) is 0 Å². The summed E-state index contributed by atoms with van der Waals surface area (Å²) in [4.78, 5) is 12.7. The van der Waals surface area contributed by atoms with Crippen LogP contribution in [0.2, 0.25) is 0 Å². The lowest BCUT2D eigenvalue weighted by atomic mass is 10.1. The van der Waals surface area contributed by atoms with Crippen LogP contribution in [0.1, 0.15) is 35.3 Å². The number of Topliss-reactive ketones (excluding diaryl/α,β-unsaturated/α-hetero) is 1. The lowest BCUT2D eigenvalue weighted by Crippen LogP contribution is -2.12. The second-order valence-corrected chi connectivity index (χ2v) is 7.70. The Labute approximate surface area is 171 Å². The third-order valence-corrected chi connectivity index (χ3v) is 4.83. The minimum absolute atomic E-state index is 0.161. The average Bonchev–Trinajstić information content (AvgIpc) is 2.96. The molecule has 0 aliphatic carbocycles. The fraction of sp³-hybridized carbons (Fsp3) is 0.227. The highest BCUT2D eigenvalue weighted by Crippen LogP contribution is 2.38. The summed E-state index contributed by atoms with van der Waals surface area (Å²) in [5.41, 5.74) is 3.39. The standard InChI is InChI=1S/C22H19BrO5/c1-13(2)5-6-26-17-3-4-18-19(10-17)28-20(21(18)24)9-14-7-16(23)8-15-11-25-12-27-22(14)15/h3-5,7-10H,6,11-12H2,1-2H3/b20-9-. The number of ether oxygens (including phenoxy) is 4. The van der Waals surface area contributed by atoms with E-state index in [0.717, 1.165) is 15.6 Å². The molecule has 0 saturated carbocycles. The molecule has 0 atom stereocenters. The van der Waals surface area contributed by atoms with Gasteiger partial charge in [0.2, 0.25) is 5.78 Å². The van der Waals surface area contributed by atoms with Gasteiger partial charge in [0, 0.05) is 21.7 Å². The highest BCUT2D eigenvalue weighted by molar-refractivity contribution is 9.10. The van der Waals surface area contributed by atoms with E-state index in [0.29, 0.717) is 36.0 Å². The molecule has 4 rings (SSSR count). The number of fused-ring (bicyclic) bond motifs is 2. The summed E-state index contributed by atoms with van der Waals surface area (Å²) in [6.07, 6.45) is 3.70. The minimum atomic E-state index is -0.161. The van der Waals surface area contributed by atoms with Gasteiger partial charge in [0.1, 0.15) is 23.9 Å². The van der Waals surface area contributed by atoms with E-state index in [9.17, 15) is 4.79 Å². The van der Waals surface area contributed by atoms with Crippen LogP contribution < -0.4 is 14.2 Å². The van der Waals surface area contributed by atoms with E-state index in [2.05, 4.69) is 15.9 Å². The largest absolute Gasteiger partial charge is 0.489 e. The molecule has 6 heteroatoms. The van der Waals surface area contributed by atoms with Gasteiger partial charge in [-0.05, 0) is 50.3 Å². The van der Waals surface area contributed by atoms with Gasteiger partial charge in [0.15, 0.2) is 12.6 Å². The van der Waals surface area contributed by atoms with Crippen LogP contribution in [0.5, 0.6) is 17.2 Å². The van der Waals surface area contributed by atoms with Crippen LogP contribution in [-0.2, 0) is 11.3 Å². The Hall–Kier alpha value is -2.57. The van der Waals surface area contributed by atoms with Crippen LogP contribution in [0, 0.1) is 0 Å². The SMILES string of the molecule is CC(C)=CCOc1ccc2c(c1)O/C(=C\c1cc(Br)cc3c1OCOC3)C2=O. The average molecular weight is 443 g/mol. The number of hydrogen-bond acceptors (Lipinski definition) is 5. The molecule has 2 heterocycles. The van der Waals surface area contributed by atoms with E-state index in [-0.39, 0.29) is 18.3 Å². The minimum Gasteiger partial charge on any atom is -0.489 e. The Morgan fingerprint density at radius 3 is 2.93 bits per heavy atom. The van der Waals surface area contributed by atoms with Crippen molar-refractivity contribution in [2.24, 2.45) is 0 Å². The maximum atomic E-state index is 12.7. The van der Waals surface area contributed by atoms with Crippen molar-refractivity contribution in [3.8, 4) is 17.2 Å². The molecule has 28 heavy (non-hydrogen) atoms. The first-order valence-electron chi connectivity index (χ1n) is 8.88. The molecule has 0 N–H and O–H groups in total. The predicted octanol–water partition coefficient (Wildman–Crippen LogP) is 5.28. The fourth-order valence-corrected chi connectivity index (χ4v) is 3.54. The molecular weight excluding hydrogens is 424 g/mol. The topological polar surface area (TPSA) is 54.0 Å². The second-order valence-electron chi connectivity index (χ2n) is 6.78. The summed E-state index contributed by atoms with van der Waals surface area (Å²) in [5, 5.41) is 0. The van der Waals surface area contributed by atoms with Crippen molar-refractivity contribution in [3.63, 3.8) is 0 Å². The number of rotatable bonds is 4. The molecule has 2 aromatic rings. The van der Waals surface area contributed by atoms with E-state index < -0.39 is 0 Å². The summed E-state index contributed by atoms with van der Waals surface area (Å²) in [5.74, 6) is 1.96. The molecular formula is C22H19BrO5. The Morgan fingerprint density at radius 1 is 1.25 bits per heavy atom. The molecule has 2 aliphatic rings. The molecule has 5 nitrogen and oxygen atoms in total. The van der Waals surface area contributed by atoms with Gasteiger partial charge in [-0.15, -0.1) is 0 Å². The first kappa shape index (κ1) is 18.8. The molecule has 144 valence electrons. The van der Waals surface area contributed by atoms with E-state index in [1.807, 2.05) is 32.1 Å². The lowest BCUT2D eigenvalue weighted by Gasteiger charge is -2.20. The number of halogens is 1. The molecule has 0 aromatic heterocycles. The zero-order valence-corrected chi connectivity index (χ0v) is 17.2. The summed E-state index contributed by atoms with van der Waals surface area (Å²) in [7, 11) is 0. The Balaban J connectivity index is 1.61. The number of benzene rings is 2. The molecule has 0 bridgehead atoms. The van der Waals surface area contributed by atoms with Crippen LogP contribution >= 0.6 is 15.9 Å². The van der Waals surface area contributed by atoms with E-state index in [4.69, 9.17) is 18.9 Å². The van der Waals surface area contributed by atoms with E-state index in [1.165, 1.54) is 5.57 Å². The van der Waals surface area contributed by atoms with Crippen LogP contribution in [0.3, 0.4) is 0 Å². The zero-order chi connectivity index (χ0) is 19.7. The highest BCUT2D eigenvalue weighted by atomic mass is 79.9. The molecule has 2 aliphatic heterocycles. The maximum Gasteiger partial charge on any atom is 0.231 e. The van der Waals surface area contributed by atoms with E-state index >= 15 is 0 Å². The van der Waals surface area contributed by atoms with Crippen molar-refractivity contribution < 1.29 is 23.7 Å². The fourth-order valence-electron chi connectivity index (χ4n) is 3.02. The Bertz CT molecular complexity index is 1000. The van der Waals surface area contributed by atoms with Crippen molar-refractivity contribution in [1.29, 1.82) is 0 Å². The van der Waals surface area contributed by atoms with Gasteiger partial charge in [0.05, 0.1) is 12.2 Å². The summed E-state index contributed by atoms with van der Waals surface area (Å²) in [6, 6.07) is 9.09. The van der Waals surface area contributed by atoms with Crippen molar-refractivity contribution in [2.45, 2.75) is 20.5 Å². The Kier molecular flexibility index (Phi) is 5.24. The van der Waals surface area contributed by atoms with Gasteiger partial charge in [-0.2, -0.15) is 0 Å². The number of carbonyl (C=O) groups excluding carboxylic acids is 1. The summed E-state index contributed by atoms with van der Waals surface area (Å²) >= 11 is 3.49. The van der Waals surface area contributed by atoms with Gasteiger partial charge >= 0.3 is 0 Å². The van der Waals surface area contributed by atoms with Crippen molar-refractivity contribution in [3.05, 3.63) is 68.9 Å². The Morgan fingerprint density at radius 2 is 2.11 bits per heavy atom. The monoisotopic (exact) mass is 442 g/mol. The van der Waals surface area contributed by atoms with Crippen LogP contribution in [0.25, 0.3) is 6.08 Å². The van der Waals surface area contributed by atoms with E-state index in [1.54, 1.807) is 24.3 Å². The maximum absolute atomic E-state index is 12.7.